The largest absolute Gasteiger partial charge is 0.354 e. The molecule has 0 unspecified atom stereocenters. The van der Waals surface area contributed by atoms with Crippen molar-refractivity contribution in [1.29, 1.82) is 0 Å². The third-order valence-electron chi connectivity index (χ3n) is 2.74. The quantitative estimate of drug-likeness (QED) is 0.622. The summed E-state index contributed by atoms with van der Waals surface area (Å²) < 4.78 is 0. The van der Waals surface area contributed by atoms with Gasteiger partial charge in [0, 0.05) is 25.7 Å². The van der Waals surface area contributed by atoms with E-state index in [0.29, 0.717) is 12.4 Å². The Morgan fingerprint density at radius 1 is 1.32 bits per heavy atom. The van der Waals surface area contributed by atoms with Crippen molar-refractivity contribution >= 4 is 11.6 Å². The van der Waals surface area contributed by atoms with E-state index in [9.17, 15) is 0 Å². The van der Waals surface area contributed by atoms with Crippen molar-refractivity contribution in [3.8, 4) is 0 Å². The van der Waals surface area contributed by atoms with Crippen LogP contribution in [0.15, 0.2) is 30.5 Å². The summed E-state index contributed by atoms with van der Waals surface area (Å²) in [6, 6.07) is 7.68. The molecule has 2 rings (SSSR count). The van der Waals surface area contributed by atoms with E-state index < -0.39 is 0 Å². The van der Waals surface area contributed by atoms with Gasteiger partial charge in [0.2, 0.25) is 0 Å². The average Bonchev–Trinajstić information content (AvgIpc) is 2.47. The fraction of sp³-hybridized carbons (Fsp3) is 0.308. The van der Waals surface area contributed by atoms with Gasteiger partial charge in [-0.1, -0.05) is 13.0 Å². The topological polar surface area (TPSA) is 80.0 Å². The van der Waals surface area contributed by atoms with Gasteiger partial charge in [0.05, 0.1) is 12.2 Å². The summed E-state index contributed by atoms with van der Waals surface area (Å²) in [6.07, 6.45) is 2.55. The van der Waals surface area contributed by atoms with Crippen LogP contribution in [0.3, 0.4) is 0 Å². The lowest BCUT2D eigenvalue weighted by molar-refractivity contribution is 0.840. The van der Waals surface area contributed by atoms with Crippen LogP contribution >= 0.6 is 0 Å². The van der Waals surface area contributed by atoms with Gasteiger partial charge >= 0.3 is 0 Å². The molecule has 0 spiro atoms. The Balaban J connectivity index is 2.20. The number of pyridine rings is 1. The van der Waals surface area contributed by atoms with E-state index in [1.807, 2.05) is 43.1 Å². The van der Waals surface area contributed by atoms with Crippen LogP contribution in [0.5, 0.6) is 0 Å². The van der Waals surface area contributed by atoms with E-state index in [-0.39, 0.29) is 0 Å². The first kappa shape index (κ1) is 13.2. The number of aromatic nitrogens is 3. The maximum absolute atomic E-state index is 5.42. The third kappa shape index (κ3) is 3.38. The van der Waals surface area contributed by atoms with Gasteiger partial charge in [-0.3, -0.25) is 4.98 Å². The molecule has 2 aromatic rings. The SMILES string of the molecule is CCc1nc(NN)cc(N(C)Cc2ccccn2)n1. The van der Waals surface area contributed by atoms with Crippen molar-refractivity contribution in [1.82, 2.24) is 15.0 Å². The van der Waals surface area contributed by atoms with E-state index in [1.165, 1.54) is 0 Å². The summed E-state index contributed by atoms with van der Waals surface area (Å²) in [5.41, 5.74) is 3.56. The highest BCUT2D eigenvalue weighted by Gasteiger charge is 2.08. The molecular weight excluding hydrogens is 240 g/mol. The Labute approximate surface area is 112 Å². The van der Waals surface area contributed by atoms with Crippen LogP contribution in [-0.2, 0) is 13.0 Å². The maximum atomic E-state index is 5.42. The van der Waals surface area contributed by atoms with Gasteiger partial charge in [-0.05, 0) is 12.1 Å². The van der Waals surface area contributed by atoms with Crippen molar-refractivity contribution in [2.24, 2.45) is 5.84 Å². The molecule has 100 valence electrons. The summed E-state index contributed by atoms with van der Waals surface area (Å²) >= 11 is 0. The number of nitrogen functional groups attached to an aromatic ring is 1. The molecule has 2 aromatic heterocycles. The molecule has 6 heteroatoms. The number of rotatable bonds is 5. The normalized spacial score (nSPS) is 10.3. The van der Waals surface area contributed by atoms with E-state index in [2.05, 4.69) is 20.4 Å². The van der Waals surface area contributed by atoms with Crippen LogP contribution in [0, 0.1) is 0 Å². The molecule has 6 nitrogen and oxygen atoms in total. The molecule has 0 amide bonds. The maximum Gasteiger partial charge on any atom is 0.145 e. The van der Waals surface area contributed by atoms with Crippen molar-refractivity contribution in [3.05, 3.63) is 42.0 Å². The van der Waals surface area contributed by atoms with E-state index in [4.69, 9.17) is 5.84 Å². The Morgan fingerprint density at radius 3 is 2.79 bits per heavy atom. The van der Waals surface area contributed by atoms with Gasteiger partial charge < -0.3 is 10.3 Å². The van der Waals surface area contributed by atoms with Crippen molar-refractivity contribution in [2.45, 2.75) is 19.9 Å². The lowest BCUT2D eigenvalue weighted by Crippen LogP contribution is -2.20. The fourth-order valence-corrected chi connectivity index (χ4v) is 1.73. The van der Waals surface area contributed by atoms with E-state index >= 15 is 0 Å². The average molecular weight is 258 g/mol. The fourth-order valence-electron chi connectivity index (χ4n) is 1.73. The first-order chi connectivity index (χ1) is 9.22. The number of hydrazine groups is 1. The highest BCUT2D eigenvalue weighted by atomic mass is 15.3. The minimum absolute atomic E-state index is 0.620. The molecule has 0 aliphatic heterocycles. The summed E-state index contributed by atoms with van der Waals surface area (Å²) in [4.78, 5) is 15.1. The van der Waals surface area contributed by atoms with Crippen LogP contribution in [0.25, 0.3) is 0 Å². The monoisotopic (exact) mass is 258 g/mol. The smallest absolute Gasteiger partial charge is 0.145 e. The van der Waals surface area contributed by atoms with Crippen LogP contribution in [0.2, 0.25) is 0 Å². The van der Waals surface area contributed by atoms with Gasteiger partial charge in [0.15, 0.2) is 0 Å². The minimum atomic E-state index is 0.620. The number of hydrogen-bond donors (Lipinski definition) is 2. The molecule has 0 aliphatic rings. The molecule has 2 heterocycles. The van der Waals surface area contributed by atoms with Crippen molar-refractivity contribution in [3.63, 3.8) is 0 Å². The summed E-state index contributed by atoms with van der Waals surface area (Å²) in [5, 5.41) is 0. The number of anilines is 2. The molecule has 0 radical (unpaired) electrons. The van der Waals surface area contributed by atoms with E-state index in [0.717, 1.165) is 23.8 Å². The third-order valence-corrected chi connectivity index (χ3v) is 2.74. The van der Waals surface area contributed by atoms with Crippen LogP contribution < -0.4 is 16.2 Å². The highest BCUT2D eigenvalue weighted by molar-refractivity contribution is 5.48. The first-order valence-electron chi connectivity index (χ1n) is 6.18. The number of nitrogens with zero attached hydrogens (tertiary/aromatic N) is 4. The summed E-state index contributed by atoms with van der Waals surface area (Å²) in [7, 11) is 1.97. The molecule has 0 saturated carbocycles. The molecule has 0 aromatic carbocycles. The van der Waals surface area contributed by atoms with Crippen LogP contribution in [0.1, 0.15) is 18.4 Å². The number of nitrogens with one attached hydrogen (secondary N) is 1. The zero-order chi connectivity index (χ0) is 13.7. The zero-order valence-electron chi connectivity index (χ0n) is 11.2. The van der Waals surface area contributed by atoms with Gasteiger partial charge in [-0.25, -0.2) is 15.8 Å². The van der Waals surface area contributed by atoms with Crippen molar-refractivity contribution < 1.29 is 0 Å². The second-order valence-corrected chi connectivity index (χ2v) is 4.20. The predicted molar refractivity (Wildman–Crippen MR) is 75.6 cm³/mol. The van der Waals surface area contributed by atoms with Gasteiger partial charge in [-0.2, -0.15) is 0 Å². The molecular formula is C13H18N6. The molecule has 0 fully saturated rings. The highest BCUT2D eigenvalue weighted by Crippen LogP contribution is 2.16. The summed E-state index contributed by atoms with van der Waals surface area (Å²) in [5.74, 6) is 7.63. The Kier molecular flexibility index (Phi) is 4.25. The summed E-state index contributed by atoms with van der Waals surface area (Å²) in [6.45, 7) is 2.70. The molecule has 0 aliphatic carbocycles. The van der Waals surface area contributed by atoms with Gasteiger partial charge in [0.1, 0.15) is 17.5 Å². The second-order valence-electron chi connectivity index (χ2n) is 4.20. The number of nitrogens with two attached hydrogens (primary N) is 1. The Hall–Kier alpha value is -2.21. The Bertz CT molecular complexity index is 506. The lowest BCUT2D eigenvalue weighted by atomic mass is 10.3. The molecule has 19 heavy (non-hydrogen) atoms. The van der Waals surface area contributed by atoms with Crippen LogP contribution in [-0.4, -0.2) is 22.0 Å². The van der Waals surface area contributed by atoms with Gasteiger partial charge in [-0.15, -0.1) is 0 Å². The van der Waals surface area contributed by atoms with Crippen molar-refractivity contribution in [2.75, 3.05) is 17.4 Å². The lowest BCUT2D eigenvalue weighted by Gasteiger charge is -2.18. The zero-order valence-corrected chi connectivity index (χ0v) is 11.2. The number of aryl methyl sites for hydroxylation is 1. The Morgan fingerprint density at radius 2 is 2.16 bits per heavy atom. The van der Waals surface area contributed by atoms with Gasteiger partial charge in [0.25, 0.3) is 0 Å². The molecule has 0 atom stereocenters. The van der Waals surface area contributed by atoms with Crippen LogP contribution in [0.4, 0.5) is 11.6 Å². The molecule has 0 saturated heterocycles. The minimum Gasteiger partial charge on any atom is -0.354 e. The number of hydrogen-bond acceptors (Lipinski definition) is 6. The first-order valence-corrected chi connectivity index (χ1v) is 6.18. The second kappa shape index (κ2) is 6.10. The standard InChI is InChI=1S/C13H18N6/c1-3-11-16-12(18-14)8-13(17-11)19(2)9-10-6-4-5-7-15-10/h4-8H,3,9,14H2,1-2H3,(H,16,17,18). The van der Waals surface area contributed by atoms with E-state index in [1.54, 1.807) is 6.20 Å². The molecule has 0 bridgehead atoms. The predicted octanol–water partition coefficient (Wildman–Crippen LogP) is 1.36. The molecule has 3 N–H and O–H groups in total.